The summed E-state index contributed by atoms with van der Waals surface area (Å²) in [5.74, 6) is 1.19. The topological polar surface area (TPSA) is 66.8 Å². The largest absolute Gasteiger partial charge is 0.497 e. The highest BCUT2D eigenvalue weighted by molar-refractivity contribution is 5.84. The maximum absolute atomic E-state index is 13.7. The predicted molar refractivity (Wildman–Crippen MR) is 102 cm³/mol. The molecule has 3 unspecified atom stereocenters. The molecule has 1 heterocycles. The molecule has 3 aliphatic rings. The van der Waals surface area contributed by atoms with Crippen LogP contribution in [0.3, 0.4) is 0 Å². The number of ether oxygens (including phenoxy) is 1. The van der Waals surface area contributed by atoms with E-state index in [-0.39, 0.29) is 17.2 Å². The molecule has 2 aliphatic carbocycles. The van der Waals surface area contributed by atoms with Crippen LogP contribution in [0.15, 0.2) is 24.3 Å². The van der Waals surface area contributed by atoms with Gasteiger partial charge in [0.2, 0.25) is 5.91 Å². The summed E-state index contributed by atoms with van der Waals surface area (Å²) in [5.41, 5.74) is 0.849. The van der Waals surface area contributed by atoms with Gasteiger partial charge in [0.1, 0.15) is 5.75 Å². The van der Waals surface area contributed by atoms with E-state index in [0.29, 0.717) is 37.8 Å². The van der Waals surface area contributed by atoms with Crippen LogP contribution in [0, 0.1) is 23.2 Å². The van der Waals surface area contributed by atoms with Gasteiger partial charge in [0.15, 0.2) is 0 Å². The predicted octanol–water partition coefficient (Wildman–Crippen LogP) is 3.37. The molecule has 3 fully saturated rings. The van der Waals surface area contributed by atoms with E-state index in [9.17, 15) is 14.7 Å². The van der Waals surface area contributed by atoms with Crippen molar-refractivity contribution in [2.45, 2.75) is 44.9 Å². The lowest BCUT2D eigenvalue weighted by Crippen LogP contribution is -2.51. The van der Waals surface area contributed by atoms with E-state index in [2.05, 4.69) is 12.1 Å². The van der Waals surface area contributed by atoms with Gasteiger partial charge in [-0.25, -0.2) is 0 Å². The van der Waals surface area contributed by atoms with Gasteiger partial charge in [0.25, 0.3) is 0 Å². The lowest BCUT2D eigenvalue weighted by molar-refractivity contribution is -0.151. The van der Waals surface area contributed by atoms with Crippen molar-refractivity contribution in [3.8, 4) is 5.75 Å². The second-order valence-corrected chi connectivity index (χ2v) is 8.67. The fraction of sp³-hybridized carbons (Fsp3) is 0.636. The first-order valence-corrected chi connectivity index (χ1v) is 10.2. The van der Waals surface area contributed by atoms with Crippen LogP contribution in [0.5, 0.6) is 5.75 Å². The number of carbonyl (C=O) groups excluding carboxylic acids is 1. The standard InChI is InChI=1S/C22H29NO4/c1-27-19-4-2-3-15(12-19)13-22(14-16-5-6-18(22)11-16)21(26)23-9-7-17(8-10-23)20(24)25/h2-4,12,16-18H,5-11,13-14H2,1H3,(H,24,25). The molecule has 1 aromatic carbocycles. The third-order valence-electron chi connectivity index (χ3n) is 7.19. The molecular weight excluding hydrogens is 342 g/mol. The zero-order valence-electron chi connectivity index (χ0n) is 16.0. The number of benzene rings is 1. The van der Waals surface area contributed by atoms with Gasteiger partial charge in [-0.1, -0.05) is 18.6 Å². The Morgan fingerprint density at radius 1 is 1.22 bits per heavy atom. The second-order valence-electron chi connectivity index (χ2n) is 8.67. The van der Waals surface area contributed by atoms with Crippen LogP contribution in [-0.2, 0) is 16.0 Å². The number of likely N-dealkylation sites (tertiary alicyclic amines) is 1. The van der Waals surface area contributed by atoms with Crippen LogP contribution >= 0.6 is 0 Å². The molecule has 0 spiro atoms. The van der Waals surface area contributed by atoms with E-state index in [0.717, 1.165) is 30.6 Å². The minimum absolute atomic E-state index is 0.265. The highest BCUT2D eigenvalue weighted by Crippen LogP contribution is 2.58. The minimum atomic E-state index is -0.729. The van der Waals surface area contributed by atoms with Gasteiger partial charge in [0, 0.05) is 13.1 Å². The number of nitrogens with zero attached hydrogens (tertiary/aromatic N) is 1. The summed E-state index contributed by atoms with van der Waals surface area (Å²) >= 11 is 0. The van der Waals surface area contributed by atoms with Crippen molar-refractivity contribution in [1.29, 1.82) is 0 Å². The lowest BCUT2D eigenvalue weighted by atomic mass is 9.68. The summed E-state index contributed by atoms with van der Waals surface area (Å²) in [6.07, 6.45) is 6.45. The minimum Gasteiger partial charge on any atom is -0.497 e. The molecule has 2 bridgehead atoms. The summed E-state index contributed by atoms with van der Waals surface area (Å²) in [5, 5.41) is 9.24. The van der Waals surface area contributed by atoms with Gasteiger partial charge in [-0.2, -0.15) is 0 Å². The summed E-state index contributed by atoms with van der Waals surface area (Å²) in [6.45, 7) is 1.15. The molecule has 4 rings (SSSR count). The first-order chi connectivity index (χ1) is 13.0. The van der Waals surface area contributed by atoms with Gasteiger partial charge in [0.05, 0.1) is 18.4 Å². The van der Waals surface area contributed by atoms with E-state index < -0.39 is 5.97 Å². The Hall–Kier alpha value is -2.04. The monoisotopic (exact) mass is 371 g/mol. The van der Waals surface area contributed by atoms with E-state index in [1.807, 2.05) is 17.0 Å². The van der Waals surface area contributed by atoms with Crippen LogP contribution in [0.1, 0.15) is 44.1 Å². The van der Waals surface area contributed by atoms with Gasteiger partial charge >= 0.3 is 5.97 Å². The molecule has 1 saturated heterocycles. The average Bonchev–Trinajstić information content (AvgIpc) is 3.29. The van der Waals surface area contributed by atoms with Crippen LogP contribution in [0.4, 0.5) is 0 Å². The van der Waals surface area contributed by atoms with Crippen molar-refractivity contribution >= 4 is 11.9 Å². The molecule has 0 radical (unpaired) electrons. The SMILES string of the molecule is COc1cccc(CC2(C(=O)N3CCC(C(=O)O)CC3)CC3CCC2C3)c1. The molecule has 146 valence electrons. The maximum Gasteiger partial charge on any atom is 0.306 e. The Morgan fingerprint density at radius 3 is 2.59 bits per heavy atom. The van der Waals surface area contributed by atoms with Gasteiger partial charge in [-0.15, -0.1) is 0 Å². The van der Waals surface area contributed by atoms with Gasteiger partial charge in [-0.05, 0) is 68.1 Å². The highest BCUT2D eigenvalue weighted by atomic mass is 16.5. The number of aliphatic carboxylic acids is 1. The number of carbonyl (C=O) groups is 2. The number of piperidine rings is 1. The molecule has 5 heteroatoms. The Labute approximate surface area is 160 Å². The number of carboxylic acids is 1. The molecule has 1 aromatic rings. The van der Waals surface area contributed by atoms with Gasteiger partial charge < -0.3 is 14.7 Å². The fourth-order valence-electron chi connectivity index (χ4n) is 5.79. The Bertz CT molecular complexity index is 725. The Morgan fingerprint density at radius 2 is 2.00 bits per heavy atom. The molecule has 1 amide bonds. The molecule has 1 aliphatic heterocycles. The quantitative estimate of drug-likeness (QED) is 0.862. The number of rotatable bonds is 5. The van der Waals surface area contributed by atoms with Crippen molar-refractivity contribution in [3.63, 3.8) is 0 Å². The summed E-state index contributed by atoms with van der Waals surface area (Å²) in [7, 11) is 1.67. The normalized spacial score (nSPS) is 30.5. The second kappa shape index (κ2) is 7.17. The van der Waals surface area contributed by atoms with Crippen LogP contribution in [-0.4, -0.2) is 42.1 Å². The number of hydrogen-bond acceptors (Lipinski definition) is 3. The lowest BCUT2D eigenvalue weighted by Gasteiger charge is -2.42. The highest BCUT2D eigenvalue weighted by Gasteiger charge is 2.56. The number of fused-ring (bicyclic) bond motifs is 2. The maximum atomic E-state index is 13.7. The number of amides is 1. The summed E-state index contributed by atoms with van der Waals surface area (Å²) in [4.78, 5) is 26.9. The van der Waals surface area contributed by atoms with Crippen LogP contribution < -0.4 is 4.74 Å². The number of methoxy groups -OCH3 is 1. The van der Waals surface area contributed by atoms with Crippen molar-refractivity contribution in [2.24, 2.45) is 23.2 Å². The number of carboxylic acid groups (broad SMARTS) is 1. The molecular formula is C22H29NO4. The molecule has 0 aromatic heterocycles. The van der Waals surface area contributed by atoms with E-state index in [4.69, 9.17) is 4.74 Å². The molecule has 5 nitrogen and oxygen atoms in total. The van der Waals surface area contributed by atoms with Crippen LogP contribution in [0.2, 0.25) is 0 Å². The average molecular weight is 371 g/mol. The summed E-state index contributed by atoms with van der Waals surface area (Å²) in [6, 6.07) is 8.09. The first-order valence-electron chi connectivity index (χ1n) is 10.2. The van der Waals surface area contributed by atoms with E-state index in [1.165, 1.54) is 12.8 Å². The Balaban J connectivity index is 1.56. The van der Waals surface area contributed by atoms with Crippen LogP contribution in [0.25, 0.3) is 0 Å². The van der Waals surface area contributed by atoms with E-state index >= 15 is 0 Å². The van der Waals surface area contributed by atoms with Crippen molar-refractivity contribution in [2.75, 3.05) is 20.2 Å². The van der Waals surface area contributed by atoms with Crippen molar-refractivity contribution in [3.05, 3.63) is 29.8 Å². The Kier molecular flexibility index (Phi) is 4.87. The summed E-state index contributed by atoms with van der Waals surface area (Å²) < 4.78 is 5.37. The van der Waals surface area contributed by atoms with Crippen molar-refractivity contribution < 1.29 is 19.4 Å². The first kappa shape index (κ1) is 18.3. The fourth-order valence-corrected chi connectivity index (χ4v) is 5.79. The van der Waals surface area contributed by atoms with E-state index in [1.54, 1.807) is 7.11 Å². The van der Waals surface area contributed by atoms with Gasteiger partial charge in [-0.3, -0.25) is 9.59 Å². The molecule has 1 N–H and O–H groups in total. The third kappa shape index (κ3) is 3.32. The zero-order valence-corrected chi connectivity index (χ0v) is 16.0. The third-order valence-corrected chi connectivity index (χ3v) is 7.19. The van der Waals surface area contributed by atoms with Crippen molar-refractivity contribution in [1.82, 2.24) is 4.90 Å². The molecule has 27 heavy (non-hydrogen) atoms. The zero-order chi connectivity index (χ0) is 19.0. The number of hydrogen-bond donors (Lipinski definition) is 1. The molecule has 2 saturated carbocycles. The smallest absolute Gasteiger partial charge is 0.306 e. The molecule has 3 atom stereocenters.